The topological polar surface area (TPSA) is 38.5 Å². The predicted molar refractivity (Wildman–Crippen MR) is 76.2 cm³/mol. The summed E-state index contributed by atoms with van der Waals surface area (Å²) in [5.74, 6) is 0.826. The summed E-state index contributed by atoms with van der Waals surface area (Å²) in [7, 11) is 0. The molecule has 0 amide bonds. The van der Waals surface area contributed by atoms with E-state index < -0.39 is 0 Å². The molecule has 0 aliphatic carbocycles. The van der Waals surface area contributed by atoms with Crippen molar-refractivity contribution < 1.29 is 9.13 Å². The summed E-state index contributed by atoms with van der Waals surface area (Å²) >= 11 is 0. The van der Waals surface area contributed by atoms with Gasteiger partial charge in [-0.3, -0.25) is 0 Å². The number of piperidine rings is 1. The van der Waals surface area contributed by atoms with Crippen molar-refractivity contribution in [1.29, 1.82) is 0 Å². The Morgan fingerprint density at radius 3 is 2.63 bits per heavy atom. The molecule has 4 heteroatoms. The average Bonchev–Trinajstić information content (AvgIpc) is 2.38. The molecule has 1 aromatic rings. The first-order valence-corrected chi connectivity index (χ1v) is 6.99. The maximum Gasteiger partial charge on any atom is 0.150 e. The molecule has 3 nitrogen and oxygen atoms in total. The number of nitrogens with two attached hydrogens (primary N) is 1. The first-order valence-electron chi connectivity index (χ1n) is 6.99. The molecule has 1 aliphatic rings. The van der Waals surface area contributed by atoms with Gasteiger partial charge in [-0.25, -0.2) is 4.39 Å². The number of benzene rings is 1. The average molecular weight is 266 g/mol. The fraction of sp³-hybridized carbons (Fsp3) is 0.600. The van der Waals surface area contributed by atoms with Gasteiger partial charge in [0.05, 0.1) is 12.3 Å². The van der Waals surface area contributed by atoms with Crippen molar-refractivity contribution in [3.05, 3.63) is 24.0 Å². The lowest BCUT2D eigenvalue weighted by Crippen LogP contribution is -2.40. The molecular formula is C15H23FN2O. The monoisotopic (exact) mass is 266 g/mol. The maximum atomic E-state index is 14.1. The Bertz CT molecular complexity index is 415. The number of anilines is 1. The molecule has 1 fully saturated rings. The summed E-state index contributed by atoms with van der Waals surface area (Å²) in [6, 6.07) is 5.39. The molecule has 1 aliphatic heterocycles. The summed E-state index contributed by atoms with van der Waals surface area (Å²) in [6.07, 6.45) is 1.84. The van der Waals surface area contributed by atoms with Crippen molar-refractivity contribution in [2.45, 2.75) is 32.7 Å². The van der Waals surface area contributed by atoms with Crippen LogP contribution in [-0.4, -0.2) is 25.7 Å². The van der Waals surface area contributed by atoms with Crippen LogP contribution in [0.15, 0.2) is 18.2 Å². The van der Waals surface area contributed by atoms with Crippen LogP contribution in [0.1, 0.15) is 26.7 Å². The van der Waals surface area contributed by atoms with Crippen LogP contribution in [0.3, 0.4) is 0 Å². The molecule has 2 N–H and O–H groups in total. The van der Waals surface area contributed by atoms with Crippen molar-refractivity contribution in [2.75, 3.05) is 24.6 Å². The van der Waals surface area contributed by atoms with Crippen LogP contribution in [-0.2, 0) is 0 Å². The highest BCUT2D eigenvalue weighted by Crippen LogP contribution is 2.26. The third-order valence-corrected chi connectivity index (χ3v) is 3.38. The van der Waals surface area contributed by atoms with Gasteiger partial charge >= 0.3 is 0 Å². The van der Waals surface area contributed by atoms with E-state index in [2.05, 4.69) is 18.7 Å². The second-order valence-electron chi connectivity index (χ2n) is 5.64. The van der Waals surface area contributed by atoms with Crippen LogP contribution >= 0.6 is 0 Å². The Morgan fingerprint density at radius 2 is 2.05 bits per heavy atom. The molecule has 0 bridgehead atoms. The fourth-order valence-electron chi connectivity index (χ4n) is 2.24. The van der Waals surface area contributed by atoms with Gasteiger partial charge in [-0.2, -0.15) is 0 Å². The van der Waals surface area contributed by atoms with E-state index in [0.29, 0.717) is 24.0 Å². The van der Waals surface area contributed by atoms with Gasteiger partial charge in [-0.15, -0.1) is 0 Å². The molecule has 1 aromatic carbocycles. The van der Waals surface area contributed by atoms with Gasteiger partial charge in [0, 0.05) is 25.2 Å². The number of hydrogen-bond acceptors (Lipinski definition) is 3. The molecule has 106 valence electrons. The van der Waals surface area contributed by atoms with Crippen LogP contribution < -0.4 is 15.4 Å². The Kier molecular flexibility index (Phi) is 4.64. The van der Waals surface area contributed by atoms with Gasteiger partial charge in [-0.05, 0) is 30.9 Å². The Morgan fingerprint density at radius 1 is 1.37 bits per heavy atom. The van der Waals surface area contributed by atoms with Crippen LogP contribution in [0.25, 0.3) is 0 Å². The molecule has 0 aromatic heterocycles. The highest BCUT2D eigenvalue weighted by Gasteiger charge is 2.19. The van der Waals surface area contributed by atoms with Crippen molar-refractivity contribution in [2.24, 2.45) is 11.7 Å². The SMILES string of the molecule is CC(C)COc1ccc(N2CCC(N)CC2)c(F)c1. The Labute approximate surface area is 114 Å². The molecule has 2 rings (SSSR count). The first kappa shape index (κ1) is 14.1. The van der Waals surface area contributed by atoms with Gasteiger partial charge in [0.1, 0.15) is 11.6 Å². The number of halogens is 1. The second-order valence-corrected chi connectivity index (χ2v) is 5.64. The zero-order chi connectivity index (χ0) is 13.8. The van der Waals surface area contributed by atoms with E-state index in [1.807, 2.05) is 12.1 Å². The van der Waals surface area contributed by atoms with E-state index in [1.165, 1.54) is 6.07 Å². The summed E-state index contributed by atoms with van der Waals surface area (Å²) < 4.78 is 19.6. The lowest BCUT2D eigenvalue weighted by molar-refractivity contribution is 0.270. The van der Waals surface area contributed by atoms with Crippen LogP contribution in [0, 0.1) is 11.7 Å². The van der Waals surface area contributed by atoms with Crippen LogP contribution in [0.4, 0.5) is 10.1 Å². The number of hydrogen-bond donors (Lipinski definition) is 1. The van der Waals surface area contributed by atoms with E-state index in [0.717, 1.165) is 25.9 Å². The lowest BCUT2D eigenvalue weighted by atomic mass is 10.1. The normalized spacial score (nSPS) is 17.0. The lowest BCUT2D eigenvalue weighted by Gasteiger charge is -2.32. The maximum absolute atomic E-state index is 14.1. The Hall–Kier alpha value is -1.29. The van der Waals surface area contributed by atoms with Gasteiger partial charge < -0.3 is 15.4 Å². The third kappa shape index (κ3) is 3.83. The van der Waals surface area contributed by atoms with Gasteiger partial charge in [0.15, 0.2) is 0 Å². The van der Waals surface area contributed by atoms with E-state index >= 15 is 0 Å². The van der Waals surface area contributed by atoms with Crippen LogP contribution in [0.5, 0.6) is 5.75 Å². The molecule has 0 radical (unpaired) electrons. The van der Waals surface area contributed by atoms with Crippen molar-refractivity contribution >= 4 is 5.69 Å². The van der Waals surface area contributed by atoms with E-state index in [1.54, 1.807) is 0 Å². The Balaban J connectivity index is 2.02. The minimum atomic E-state index is -0.211. The van der Waals surface area contributed by atoms with Gasteiger partial charge in [0.2, 0.25) is 0 Å². The van der Waals surface area contributed by atoms with Crippen molar-refractivity contribution in [3.8, 4) is 5.75 Å². The van der Waals surface area contributed by atoms with E-state index in [9.17, 15) is 4.39 Å². The summed E-state index contributed by atoms with van der Waals surface area (Å²) in [4.78, 5) is 2.06. The quantitative estimate of drug-likeness (QED) is 0.910. The molecule has 0 spiro atoms. The smallest absolute Gasteiger partial charge is 0.150 e. The summed E-state index contributed by atoms with van der Waals surface area (Å²) in [5.41, 5.74) is 6.52. The molecular weight excluding hydrogens is 243 g/mol. The number of ether oxygens (including phenoxy) is 1. The van der Waals surface area contributed by atoms with Crippen molar-refractivity contribution in [3.63, 3.8) is 0 Å². The number of nitrogens with zero attached hydrogens (tertiary/aromatic N) is 1. The highest BCUT2D eigenvalue weighted by molar-refractivity contribution is 5.51. The zero-order valence-corrected chi connectivity index (χ0v) is 11.7. The zero-order valence-electron chi connectivity index (χ0n) is 11.7. The minimum absolute atomic E-state index is 0.211. The van der Waals surface area contributed by atoms with E-state index in [4.69, 9.17) is 10.5 Å². The standard InChI is InChI=1S/C15H23FN2O/c1-11(2)10-19-13-3-4-15(14(16)9-13)18-7-5-12(17)6-8-18/h3-4,9,11-12H,5-8,10,17H2,1-2H3. The van der Waals surface area contributed by atoms with Gasteiger partial charge in [0.25, 0.3) is 0 Å². The highest BCUT2D eigenvalue weighted by atomic mass is 19.1. The molecule has 1 saturated heterocycles. The fourth-order valence-corrected chi connectivity index (χ4v) is 2.24. The van der Waals surface area contributed by atoms with Crippen molar-refractivity contribution in [1.82, 2.24) is 0 Å². The predicted octanol–water partition coefficient (Wildman–Crippen LogP) is 2.79. The third-order valence-electron chi connectivity index (χ3n) is 3.38. The van der Waals surface area contributed by atoms with Crippen LogP contribution in [0.2, 0.25) is 0 Å². The molecule has 0 atom stereocenters. The largest absolute Gasteiger partial charge is 0.493 e. The number of rotatable bonds is 4. The molecule has 19 heavy (non-hydrogen) atoms. The summed E-state index contributed by atoms with van der Waals surface area (Å²) in [5, 5.41) is 0. The second kappa shape index (κ2) is 6.24. The molecule has 0 unspecified atom stereocenters. The minimum Gasteiger partial charge on any atom is -0.493 e. The van der Waals surface area contributed by atoms with E-state index in [-0.39, 0.29) is 11.9 Å². The molecule has 0 saturated carbocycles. The first-order chi connectivity index (χ1) is 9.06. The van der Waals surface area contributed by atoms with Gasteiger partial charge in [-0.1, -0.05) is 13.8 Å². The summed E-state index contributed by atoms with van der Waals surface area (Å²) in [6.45, 7) is 6.40. The molecule has 1 heterocycles.